The second-order valence-corrected chi connectivity index (χ2v) is 8.69. The standard InChI is InChI=1S/C29H33N3O3/c1-22-15-16-27(23(2)20-22)34-19-9-18-32-26-13-7-6-12-25(26)31-28(32)14-8-17-30-29(33)21-35-24-10-4-3-5-11-24/h3-7,10-13,15-16,20H,8-9,14,17-19,21H2,1-2H3,(H,30,33). The van der Waals surface area contributed by atoms with Gasteiger partial charge >= 0.3 is 0 Å². The van der Waals surface area contributed by atoms with Crippen molar-refractivity contribution in [2.75, 3.05) is 19.8 Å². The van der Waals surface area contributed by atoms with E-state index in [0.717, 1.165) is 54.0 Å². The molecule has 6 nitrogen and oxygen atoms in total. The molecule has 1 amide bonds. The highest BCUT2D eigenvalue weighted by Gasteiger charge is 2.11. The van der Waals surface area contributed by atoms with Crippen molar-refractivity contribution in [3.63, 3.8) is 0 Å². The van der Waals surface area contributed by atoms with Gasteiger partial charge in [-0.15, -0.1) is 0 Å². The van der Waals surface area contributed by atoms with Crippen LogP contribution in [0.2, 0.25) is 0 Å². The Morgan fingerprint density at radius 2 is 1.74 bits per heavy atom. The van der Waals surface area contributed by atoms with Crippen molar-refractivity contribution < 1.29 is 14.3 Å². The van der Waals surface area contributed by atoms with E-state index < -0.39 is 0 Å². The van der Waals surface area contributed by atoms with Crippen LogP contribution in [0.15, 0.2) is 72.8 Å². The lowest BCUT2D eigenvalue weighted by molar-refractivity contribution is -0.123. The fraction of sp³-hybridized carbons (Fsp3) is 0.310. The highest BCUT2D eigenvalue weighted by Crippen LogP contribution is 2.20. The molecule has 0 unspecified atom stereocenters. The third-order valence-electron chi connectivity index (χ3n) is 5.86. The summed E-state index contributed by atoms with van der Waals surface area (Å²) in [5.74, 6) is 2.55. The Balaban J connectivity index is 1.27. The summed E-state index contributed by atoms with van der Waals surface area (Å²) in [7, 11) is 0. The van der Waals surface area contributed by atoms with Crippen molar-refractivity contribution >= 4 is 16.9 Å². The van der Waals surface area contributed by atoms with Crippen LogP contribution in [0.5, 0.6) is 11.5 Å². The summed E-state index contributed by atoms with van der Waals surface area (Å²) < 4.78 is 13.8. The predicted octanol–water partition coefficient (Wildman–Crippen LogP) is 5.25. The zero-order chi connectivity index (χ0) is 24.5. The number of carbonyl (C=O) groups is 1. The van der Waals surface area contributed by atoms with E-state index in [4.69, 9.17) is 14.5 Å². The van der Waals surface area contributed by atoms with Crippen LogP contribution in [0.3, 0.4) is 0 Å². The fourth-order valence-electron chi connectivity index (χ4n) is 4.12. The molecule has 0 spiro atoms. The number of imidazole rings is 1. The molecule has 0 saturated heterocycles. The van der Waals surface area contributed by atoms with Gasteiger partial charge in [0.05, 0.1) is 17.6 Å². The number of aryl methyl sites for hydroxylation is 4. The number of hydrogen-bond acceptors (Lipinski definition) is 4. The van der Waals surface area contributed by atoms with Crippen molar-refractivity contribution in [1.29, 1.82) is 0 Å². The van der Waals surface area contributed by atoms with E-state index in [-0.39, 0.29) is 12.5 Å². The molecule has 0 aliphatic rings. The largest absolute Gasteiger partial charge is 0.493 e. The predicted molar refractivity (Wildman–Crippen MR) is 139 cm³/mol. The van der Waals surface area contributed by atoms with Gasteiger partial charge in [-0.2, -0.15) is 0 Å². The minimum absolute atomic E-state index is 0.0168. The Labute approximate surface area is 206 Å². The average Bonchev–Trinajstić information content (AvgIpc) is 3.22. The molecular formula is C29H33N3O3. The van der Waals surface area contributed by atoms with Crippen molar-refractivity contribution in [1.82, 2.24) is 14.9 Å². The van der Waals surface area contributed by atoms with Crippen LogP contribution in [0.1, 0.15) is 29.8 Å². The van der Waals surface area contributed by atoms with Gasteiger partial charge in [-0.25, -0.2) is 4.98 Å². The molecule has 1 N–H and O–H groups in total. The lowest BCUT2D eigenvalue weighted by Gasteiger charge is -2.12. The van der Waals surface area contributed by atoms with Gasteiger partial charge in [-0.05, 0) is 62.6 Å². The van der Waals surface area contributed by atoms with E-state index in [1.807, 2.05) is 54.6 Å². The monoisotopic (exact) mass is 471 g/mol. The average molecular weight is 472 g/mol. The molecule has 3 aromatic carbocycles. The number of aromatic nitrogens is 2. The number of nitrogens with one attached hydrogen (secondary N) is 1. The number of carbonyl (C=O) groups excluding carboxylic acids is 1. The minimum atomic E-state index is -0.120. The van der Waals surface area contributed by atoms with Crippen LogP contribution in [0.4, 0.5) is 0 Å². The van der Waals surface area contributed by atoms with E-state index in [0.29, 0.717) is 18.9 Å². The number of hydrogen-bond donors (Lipinski definition) is 1. The normalized spacial score (nSPS) is 10.9. The zero-order valence-electron chi connectivity index (χ0n) is 20.5. The van der Waals surface area contributed by atoms with Crippen LogP contribution >= 0.6 is 0 Å². The first kappa shape index (κ1) is 24.3. The SMILES string of the molecule is Cc1ccc(OCCCn2c(CCCNC(=O)COc3ccccc3)nc3ccccc32)c(C)c1. The van der Waals surface area contributed by atoms with Crippen LogP contribution in [0.25, 0.3) is 11.0 Å². The molecule has 0 aliphatic carbocycles. The van der Waals surface area contributed by atoms with Gasteiger partial charge in [0.2, 0.25) is 0 Å². The molecule has 0 radical (unpaired) electrons. The molecule has 0 bridgehead atoms. The van der Waals surface area contributed by atoms with Gasteiger partial charge in [0, 0.05) is 19.5 Å². The Hall–Kier alpha value is -3.80. The van der Waals surface area contributed by atoms with Crippen molar-refractivity contribution in [3.8, 4) is 11.5 Å². The number of nitrogens with zero attached hydrogens (tertiary/aromatic N) is 2. The number of rotatable bonds is 12. The molecule has 4 aromatic rings. The molecule has 1 aromatic heterocycles. The zero-order valence-corrected chi connectivity index (χ0v) is 20.5. The first-order valence-electron chi connectivity index (χ1n) is 12.2. The number of para-hydroxylation sites is 3. The molecule has 4 rings (SSSR count). The van der Waals surface area contributed by atoms with Gasteiger partial charge in [-0.1, -0.05) is 48.0 Å². The van der Waals surface area contributed by atoms with Crippen molar-refractivity contribution in [2.45, 2.75) is 39.7 Å². The van der Waals surface area contributed by atoms with Crippen LogP contribution in [0, 0.1) is 13.8 Å². The second kappa shape index (κ2) is 12.1. The van der Waals surface area contributed by atoms with Gasteiger partial charge in [0.1, 0.15) is 17.3 Å². The summed E-state index contributed by atoms with van der Waals surface area (Å²) in [5, 5.41) is 2.94. The molecular weight excluding hydrogens is 438 g/mol. The molecule has 1 heterocycles. The van der Waals surface area contributed by atoms with E-state index >= 15 is 0 Å². The van der Waals surface area contributed by atoms with Gasteiger partial charge in [0.25, 0.3) is 5.91 Å². The Morgan fingerprint density at radius 3 is 2.57 bits per heavy atom. The Kier molecular flexibility index (Phi) is 8.39. The van der Waals surface area contributed by atoms with Crippen molar-refractivity contribution in [2.24, 2.45) is 0 Å². The second-order valence-electron chi connectivity index (χ2n) is 8.69. The summed E-state index contributed by atoms with van der Waals surface area (Å²) in [4.78, 5) is 16.9. The van der Waals surface area contributed by atoms with Gasteiger partial charge in [-0.3, -0.25) is 4.79 Å². The smallest absolute Gasteiger partial charge is 0.257 e. The third-order valence-corrected chi connectivity index (χ3v) is 5.86. The lowest BCUT2D eigenvalue weighted by atomic mass is 10.1. The molecule has 35 heavy (non-hydrogen) atoms. The third kappa shape index (κ3) is 6.85. The van der Waals surface area contributed by atoms with E-state index in [9.17, 15) is 4.79 Å². The van der Waals surface area contributed by atoms with Crippen LogP contribution in [-0.4, -0.2) is 35.2 Å². The van der Waals surface area contributed by atoms with Gasteiger partial charge < -0.3 is 19.4 Å². The molecule has 0 fully saturated rings. The summed E-state index contributed by atoms with van der Waals surface area (Å²) in [6, 6.07) is 23.8. The number of amides is 1. The van der Waals surface area contributed by atoms with Gasteiger partial charge in [0.15, 0.2) is 6.61 Å². The summed E-state index contributed by atoms with van der Waals surface area (Å²) >= 11 is 0. The molecule has 182 valence electrons. The Bertz CT molecular complexity index is 1250. The number of fused-ring (bicyclic) bond motifs is 1. The quantitative estimate of drug-likeness (QED) is 0.287. The maximum atomic E-state index is 12.1. The first-order valence-corrected chi connectivity index (χ1v) is 12.2. The molecule has 6 heteroatoms. The van der Waals surface area contributed by atoms with Crippen molar-refractivity contribution in [3.05, 3.63) is 89.7 Å². The maximum absolute atomic E-state index is 12.1. The maximum Gasteiger partial charge on any atom is 0.257 e. The molecule has 0 atom stereocenters. The first-order chi connectivity index (χ1) is 17.1. The van der Waals surface area contributed by atoms with E-state index in [1.165, 1.54) is 5.56 Å². The topological polar surface area (TPSA) is 65.4 Å². The summed E-state index contributed by atoms with van der Waals surface area (Å²) in [5.41, 5.74) is 4.53. The fourth-order valence-corrected chi connectivity index (χ4v) is 4.12. The number of ether oxygens (including phenoxy) is 2. The van der Waals surface area contributed by atoms with E-state index in [2.05, 4.69) is 41.9 Å². The Morgan fingerprint density at radius 1 is 0.943 bits per heavy atom. The minimum Gasteiger partial charge on any atom is -0.493 e. The molecule has 0 aliphatic heterocycles. The highest BCUT2D eigenvalue weighted by atomic mass is 16.5. The van der Waals surface area contributed by atoms with E-state index in [1.54, 1.807) is 0 Å². The highest BCUT2D eigenvalue weighted by molar-refractivity contribution is 5.77. The number of benzene rings is 3. The summed E-state index contributed by atoms with van der Waals surface area (Å²) in [6.45, 7) is 6.24. The summed E-state index contributed by atoms with van der Waals surface area (Å²) in [6.07, 6.45) is 2.47. The van der Waals surface area contributed by atoms with Crippen LogP contribution < -0.4 is 14.8 Å². The van der Waals surface area contributed by atoms with Crippen LogP contribution in [-0.2, 0) is 17.8 Å². The molecule has 0 saturated carbocycles. The lowest BCUT2D eigenvalue weighted by Crippen LogP contribution is -2.30.